The Hall–Kier alpha value is -3.28. The first-order chi connectivity index (χ1) is 16.7. The SMILES string of the molecule is CCCc1cn(CCc2cc(C(C)(C)C)c(O)c(C(C)(C)C)c2)c(=N)n1Cc1ccc(C(=O)O)cc1. The van der Waals surface area contributed by atoms with Crippen LogP contribution in [0.3, 0.4) is 0 Å². The highest BCUT2D eigenvalue weighted by Gasteiger charge is 2.26. The molecule has 0 radical (unpaired) electrons. The van der Waals surface area contributed by atoms with Crippen LogP contribution < -0.4 is 5.62 Å². The zero-order valence-corrected chi connectivity index (χ0v) is 22.8. The van der Waals surface area contributed by atoms with E-state index in [0.717, 1.165) is 47.2 Å². The number of phenols is 1. The van der Waals surface area contributed by atoms with Gasteiger partial charge in [-0.05, 0) is 58.1 Å². The summed E-state index contributed by atoms with van der Waals surface area (Å²) in [4.78, 5) is 11.2. The van der Waals surface area contributed by atoms with Crippen molar-refractivity contribution in [3.05, 3.63) is 81.7 Å². The van der Waals surface area contributed by atoms with E-state index >= 15 is 0 Å². The van der Waals surface area contributed by atoms with Crippen LogP contribution in [0, 0.1) is 5.41 Å². The number of carbonyl (C=O) groups is 1. The van der Waals surface area contributed by atoms with Crippen LogP contribution in [0.4, 0.5) is 0 Å². The molecule has 194 valence electrons. The van der Waals surface area contributed by atoms with Gasteiger partial charge in [-0.2, -0.15) is 0 Å². The molecule has 0 aliphatic rings. The summed E-state index contributed by atoms with van der Waals surface area (Å²) in [5.74, 6) is -0.551. The predicted molar refractivity (Wildman–Crippen MR) is 144 cm³/mol. The van der Waals surface area contributed by atoms with Crippen molar-refractivity contribution in [2.45, 2.75) is 91.6 Å². The molecular weight excluding hydrogens is 450 g/mol. The van der Waals surface area contributed by atoms with Gasteiger partial charge in [-0.25, -0.2) is 4.79 Å². The molecule has 0 atom stereocenters. The summed E-state index contributed by atoms with van der Waals surface area (Å²) in [6.07, 6.45) is 4.68. The molecule has 0 saturated carbocycles. The van der Waals surface area contributed by atoms with Gasteiger partial charge in [0.1, 0.15) is 5.75 Å². The normalized spacial score (nSPS) is 12.2. The second-order valence-electron chi connectivity index (χ2n) is 11.8. The summed E-state index contributed by atoms with van der Waals surface area (Å²) in [5, 5.41) is 29.1. The highest BCUT2D eigenvalue weighted by molar-refractivity contribution is 5.87. The molecule has 3 N–H and O–H groups in total. The Kier molecular flexibility index (Phi) is 7.87. The van der Waals surface area contributed by atoms with Gasteiger partial charge in [0.05, 0.1) is 12.1 Å². The molecule has 0 aliphatic carbocycles. The third kappa shape index (κ3) is 6.10. The highest BCUT2D eigenvalue weighted by atomic mass is 16.4. The maximum absolute atomic E-state index is 11.2. The van der Waals surface area contributed by atoms with E-state index < -0.39 is 5.97 Å². The number of imidazole rings is 1. The number of aromatic carboxylic acids is 1. The number of benzene rings is 2. The first-order valence-electron chi connectivity index (χ1n) is 12.7. The van der Waals surface area contributed by atoms with Gasteiger partial charge >= 0.3 is 5.97 Å². The summed E-state index contributed by atoms with van der Waals surface area (Å²) < 4.78 is 4.01. The highest BCUT2D eigenvalue weighted by Crippen LogP contribution is 2.39. The Morgan fingerprint density at radius 1 is 0.917 bits per heavy atom. The van der Waals surface area contributed by atoms with Gasteiger partial charge < -0.3 is 19.3 Å². The van der Waals surface area contributed by atoms with Crippen LogP contribution in [0.5, 0.6) is 5.75 Å². The molecule has 6 heteroatoms. The Labute approximate surface area is 214 Å². The molecule has 3 aromatic rings. The number of nitrogens with one attached hydrogen (secondary N) is 1. The number of aryl methyl sites for hydroxylation is 3. The topological polar surface area (TPSA) is 91.2 Å². The average Bonchev–Trinajstić information content (AvgIpc) is 3.06. The van der Waals surface area contributed by atoms with Gasteiger partial charge in [-0.15, -0.1) is 0 Å². The Balaban J connectivity index is 1.92. The zero-order valence-electron chi connectivity index (χ0n) is 22.8. The first-order valence-corrected chi connectivity index (χ1v) is 12.7. The summed E-state index contributed by atoms with van der Waals surface area (Å²) in [6.45, 7) is 16.0. The Bertz CT molecular complexity index is 1250. The molecule has 6 nitrogen and oxygen atoms in total. The van der Waals surface area contributed by atoms with Crippen molar-refractivity contribution >= 4 is 5.97 Å². The number of aromatic hydroxyl groups is 1. The van der Waals surface area contributed by atoms with Crippen molar-refractivity contribution in [1.82, 2.24) is 9.13 Å². The molecule has 0 amide bonds. The van der Waals surface area contributed by atoms with Crippen LogP contribution in [0.15, 0.2) is 42.6 Å². The lowest BCUT2D eigenvalue weighted by Gasteiger charge is -2.28. The maximum atomic E-state index is 11.2. The minimum absolute atomic E-state index is 0.179. The predicted octanol–water partition coefficient (Wildman–Crippen LogP) is 6.01. The van der Waals surface area contributed by atoms with Gasteiger partial charge in [0.15, 0.2) is 0 Å². The largest absolute Gasteiger partial charge is 0.507 e. The van der Waals surface area contributed by atoms with Crippen molar-refractivity contribution in [1.29, 1.82) is 5.41 Å². The molecule has 2 aromatic carbocycles. The van der Waals surface area contributed by atoms with Crippen molar-refractivity contribution in [3.8, 4) is 5.75 Å². The number of carboxylic acids is 1. The first kappa shape index (κ1) is 27.3. The minimum Gasteiger partial charge on any atom is -0.507 e. The van der Waals surface area contributed by atoms with Gasteiger partial charge in [0.25, 0.3) is 0 Å². The lowest BCUT2D eigenvalue weighted by atomic mass is 9.78. The van der Waals surface area contributed by atoms with E-state index in [2.05, 4.69) is 66.8 Å². The maximum Gasteiger partial charge on any atom is 0.335 e. The van der Waals surface area contributed by atoms with E-state index in [4.69, 9.17) is 10.5 Å². The summed E-state index contributed by atoms with van der Waals surface area (Å²) in [6, 6.07) is 11.1. The molecule has 0 spiro atoms. The van der Waals surface area contributed by atoms with Crippen molar-refractivity contribution in [2.75, 3.05) is 0 Å². The van der Waals surface area contributed by atoms with Crippen molar-refractivity contribution in [3.63, 3.8) is 0 Å². The lowest BCUT2D eigenvalue weighted by molar-refractivity contribution is 0.0697. The van der Waals surface area contributed by atoms with Crippen LogP contribution in [0.1, 0.15) is 93.2 Å². The number of phenolic OH excluding ortho intramolecular Hbond substituents is 1. The summed E-state index contributed by atoms with van der Waals surface area (Å²) >= 11 is 0. The third-order valence-electron chi connectivity index (χ3n) is 6.65. The molecule has 0 saturated heterocycles. The zero-order chi connectivity index (χ0) is 26.8. The molecule has 0 unspecified atom stereocenters. The molecule has 3 rings (SSSR count). The Morgan fingerprint density at radius 3 is 1.94 bits per heavy atom. The minimum atomic E-state index is -0.938. The van der Waals surface area contributed by atoms with Gasteiger partial charge in [0, 0.05) is 18.4 Å². The fourth-order valence-corrected chi connectivity index (χ4v) is 4.57. The van der Waals surface area contributed by atoms with Gasteiger partial charge in [-0.1, -0.05) is 79.2 Å². The number of nitrogens with zero attached hydrogens (tertiary/aromatic N) is 2. The van der Waals surface area contributed by atoms with E-state index in [0.29, 0.717) is 24.5 Å². The van der Waals surface area contributed by atoms with E-state index in [1.807, 2.05) is 21.3 Å². The van der Waals surface area contributed by atoms with Crippen LogP contribution in [-0.2, 0) is 36.8 Å². The van der Waals surface area contributed by atoms with E-state index in [1.165, 1.54) is 0 Å². The molecule has 36 heavy (non-hydrogen) atoms. The molecule has 0 bridgehead atoms. The van der Waals surface area contributed by atoms with E-state index in [-0.39, 0.29) is 16.4 Å². The monoisotopic (exact) mass is 491 g/mol. The van der Waals surface area contributed by atoms with Crippen molar-refractivity contribution < 1.29 is 15.0 Å². The van der Waals surface area contributed by atoms with Crippen LogP contribution >= 0.6 is 0 Å². The number of hydrogen-bond acceptors (Lipinski definition) is 3. The van der Waals surface area contributed by atoms with Crippen molar-refractivity contribution in [2.24, 2.45) is 0 Å². The molecule has 1 aromatic heterocycles. The second-order valence-corrected chi connectivity index (χ2v) is 11.8. The average molecular weight is 492 g/mol. The van der Waals surface area contributed by atoms with Crippen LogP contribution in [0.25, 0.3) is 0 Å². The van der Waals surface area contributed by atoms with Gasteiger partial charge in [-0.3, -0.25) is 5.41 Å². The molecule has 0 aliphatic heterocycles. The fourth-order valence-electron chi connectivity index (χ4n) is 4.57. The number of carboxylic acid groups (broad SMARTS) is 1. The summed E-state index contributed by atoms with van der Waals surface area (Å²) in [5.41, 5.74) is 5.47. The summed E-state index contributed by atoms with van der Waals surface area (Å²) in [7, 11) is 0. The van der Waals surface area contributed by atoms with E-state index in [9.17, 15) is 9.90 Å². The smallest absolute Gasteiger partial charge is 0.335 e. The Morgan fingerprint density at radius 2 is 1.47 bits per heavy atom. The number of rotatable bonds is 8. The quantitative estimate of drug-likeness (QED) is 0.360. The van der Waals surface area contributed by atoms with Crippen LogP contribution in [0.2, 0.25) is 0 Å². The number of aromatic nitrogens is 2. The molecule has 1 heterocycles. The molecular formula is C30H41N3O3. The van der Waals surface area contributed by atoms with Crippen LogP contribution in [-0.4, -0.2) is 25.3 Å². The second kappa shape index (κ2) is 10.4. The molecule has 0 fully saturated rings. The lowest BCUT2D eigenvalue weighted by Crippen LogP contribution is -2.26. The van der Waals surface area contributed by atoms with Gasteiger partial charge in [0.2, 0.25) is 5.62 Å². The third-order valence-corrected chi connectivity index (χ3v) is 6.65. The fraction of sp³-hybridized carbons (Fsp3) is 0.467. The standard InChI is InChI=1S/C30H41N3O3/c1-8-9-23-19-32(28(31)33(23)18-20-10-12-22(13-11-20)27(35)36)15-14-21-16-24(29(2,3)4)26(34)25(17-21)30(5,6)7/h10-13,16-17,19,31,34H,8-9,14-15,18H2,1-7H3,(H,35,36). The van der Waals surface area contributed by atoms with E-state index in [1.54, 1.807) is 12.1 Å². The number of hydrogen-bond donors (Lipinski definition) is 3.